The number of rotatable bonds is 0. The Balaban J connectivity index is -0.000000125. The maximum Gasteiger partial charge on any atom is 2.00 e. The van der Waals surface area contributed by atoms with E-state index in [2.05, 4.69) is 24.3 Å². The van der Waals surface area contributed by atoms with Crippen LogP contribution in [0.1, 0.15) is 12.8 Å². The Hall–Kier alpha value is 0.254. The first-order valence-corrected chi connectivity index (χ1v) is 3.45. The zero-order chi connectivity index (χ0) is 7.07. The van der Waals surface area contributed by atoms with E-state index in [0.29, 0.717) is 0 Å². The minimum Gasteiger partial charge on any atom is -0.256 e. The van der Waals surface area contributed by atoms with Crippen LogP contribution >= 0.6 is 24.8 Å². The Bertz CT molecular complexity index is 151. The third-order valence-corrected chi connectivity index (χ3v) is 1.17. The van der Waals surface area contributed by atoms with Gasteiger partial charge in [-0.1, -0.05) is 0 Å². The van der Waals surface area contributed by atoms with Gasteiger partial charge in [-0.3, -0.25) is 12.2 Å². The monoisotopic (exact) mass is 250 g/mol. The summed E-state index contributed by atoms with van der Waals surface area (Å²) in [5.41, 5.74) is 0. The van der Waals surface area contributed by atoms with E-state index < -0.39 is 0 Å². The zero-order valence-corrected chi connectivity index (χ0v) is 10.4. The van der Waals surface area contributed by atoms with Gasteiger partial charge in [0.15, 0.2) is 0 Å². The fourth-order valence-electron chi connectivity index (χ4n) is 0.680. The van der Waals surface area contributed by atoms with E-state index >= 15 is 0 Å². The molecule has 0 fully saturated rings. The van der Waals surface area contributed by atoms with Gasteiger partial charge in [-0.2, -0.15) is 12.2 Å². The van der Waals surface area contributed by atoms with Gasteiger partial charge in [0.1, 0.15) is 0 Å². The molecular formula is C10H12Cl2Ti. The van der Waals surface area contributed by atoms with Crippen molar-refractivity contribution in [2.75, 3.05) is 0 Å². The van der Waals surface area contributed by atoms with Crippen LogP contribution in [0.25, 0.3) is 0 Å². The molecule has 0 aromatic carbocycles. The molecule has 0 aromatic rings. The molecule has 0 radical (unpaired) electrons. The predicted molar refractivity (Wildman–Crippen MR) is 57.6 cm³/mol. The van der Waals surface area contributed by atoms with Crippen molar-refractivity contribution in [1.82, 2.24) is 0 Å². The van der Waals surface area contributed by atoms with Crippen LogP contribution in [0.4, 0.5) is 0 Å². The maximum atomic E-state index is 2.92. The molecule has 2 aliphatic rings. The molecule has 2 rings (SSSR count). The molecule has 0 heterocycles. The molecule has 0 saturated heterocycles. The van der Waals surface area contributed by atoms with Crippen molar-refractivity contribution in [3.63, 3.8) is 0 Å². The molecule has 0 aromatic heterocycles. The van der Waals surface area contributed by atoms with Gasteiger partial charge in [-0.25, -0.2) is 24.3 Å². The van der Waals surface area contributed by atoms with Crippen LogP contribution in [0.3, 0.4) is 0 Å². The molecule has 0 saturated carbocycles. The Morgan fingerprint density at radius 2 is 1.15 bits per heavy atom. The Morgan fingerprint density at radius 3 is 1.23 bits per heavy atom. The van der Waals surface area contributed by atoms with E-state index in [1.165, 1.54) is 0 Å². The summed E-state index contributed by atoms with van der Waals surface area (Å²) in [6, 6.07) is 0. The molecular weight excluding hydrogens is 239 g/mol. The van der Waals surface area contributed by atoms with Crippen LogP contribution in [-0.2, 0) is 21.7 Å². The van der Waals surface area contributed by atoms with E-state index in [9.17, 15) is 0 Å². The second kappa shape index (κ2) is 14.8. The molecule has 0 bridgehead atoms. The normalized spacial score (nSPS) is 13.5. The van der Waals surface area contributed by atoms with Crippen molar-refractivity contribution in [2.45, 2.75) is 12.8 Å². The standard InChI is InChI=1S/2C5H5.2ClH.Ti/c2*1-2-4-5-3-1;;;/h2*1-2,5H,3H2;2*1H;/q2*-1;;;+2. The van der Waals surface area contributed by atoms with E-state index in [4.69, 9.17) is 0 Å². The number of hydrogen-bond donors (Lipinski definition) is 0. The molecule has 0 unspecified atom stereocenters. The van der Waals surface area contributed by atoms with Gasteiger partial charge in [0, 0.05) is 0 Å². The van der Waals surface area contributed by atoms with Gasteiger partial charge in [0.2, 0.25) is 0 Å². The summed E-state index contributed by atoms with van der Waals surface area (Å²) in [5, 5.41) is 0. The summed E-state index contributed by atoms with van der Waals surface area (Å²) in [7, 11) is 0. The van der Waals surface area contributed by atoms with Gasteiger partial charge in [-0.15, -0.1) is 37.7 Å². The first kappa shape index (κ1) is 18.9. The number of hydrogen-bond acceptors (Lipinski definition) is 0. The zero-order valence-electron chi connectivity index (χ0n) is 7.19. The Kier molecular flexibility index (Phi) is 21.5. The van der Waals surface area contributed by atoms with Crippen LogP contribution in [0.5, 0.6) is 0 Å². The predicted octanol–water partition coefficient (Wildman–Crippen LogP) is 3.45. The van der Waals surface area contributed by atoms with Gasteiger partial charge < -0.3 is 0 Å². The van der Waals surface area contributed by atoms with E-state index in [1.807, 2.05) is 24.3 Å². The second-order valence-corrected chi connectivity index (χ2v) is 2.02. The second-order valence-electron chi connectivity index (χ2n) is 2.02. The van der Waals surface area contributed by atoms with Crippen molar-refractivity contribution < 1.29 is 21.7 Å². The maximum absolute atomic E-state index is 2.92. The van der Waals surface area contributed by atoms with Crippen LogP contribution < -0.4 is 0 Å². The topological polar surface area (TPSA) is 0 Å². The molecule has 13 heavy (non-hydrogen) atoms. The Morgan fingerprint density at radius 1 is 0.769 bits per heavy atom. The van der Waals surface area contributed by atoms with Gasteiger partial charge in [0.05, 0.1) is 0 Å². The number of allylic oxidation sites excluding steroid dienone is 8. The fraction of sp³-hybridized carbons (Fsp3) is 0.200. The summed E-state index contributed by atoms with van der Waals surface area (Å²) in [6.07, 6.45) is 20.0. The molecule has 3 heteroatoms. The average Bonchev–Trinajstić information content (AvgIpc) is 2.67. The van der Waals surface area contributed by atoms with Gasteiger partial charge in [-0.05, 0) is 0 Å². The SMILES string of the molecule is Cl.Cl.[C-]1=CCC=C1.[C-]1=CCC=C1.[Ti+2]. The summed E-state index contributed by atoms with van der Waals surface area (Å²) in [6.45, 7) is 0. The van der Waals surface area contributed by atoms with Crippen molar-refractivity contribution in [3.05, 3.63) is 48.6 Å². The summed E-state index contributed by atoms with van der Waals surface area (Å²) >= 11 is 0. The van der Waals surface area contributed by atoms with Crippen molar-refractivity contribution in [1.29, 1.82) is 0 Å². The van der Waals surface area contributed by atoms with Crippen LogP contribution in [-0.4, -0.2) is 0 Å². The first-order valence-electron chi connectivity index (χ1n) is 3.45. The molecule has 0 aliphatic heterocycles. The van der Waals surface area contributed by atoms with Crippen LogP contribution in [0.2, 0.25) is 0 Å². The third-order valence-electron chi connectivity index (χ3n) is 1.17. The third kappa shape index (κ3) is 12.3. The van der Waals surface area contributed by atoms with E-state index in [-0.39, 0.29) is 46.5 Å². The Labute approximate surface area is 108 Å². The minimum atomic E-state index is 0. The summed E-state index contributed by atoms with van der Waals surface area (Å²) in [4.78, 5) is 0. The quantitative estimate of drug-likeness (QED) is 0.457. The molecule has 0 N–H and O–H groups in total. The molecule has 2 aliphatic carbocycles. The van der Waals surface area contributed by atoms with Crippen LogP contribution in [0.15, 0.2) is 36.5 Å². The summed E-state index contributed by atoms with van der Waals surface area (Å²) < 4.78 is 0. The van der Waals surface area contributed by atoms with Gasteiger partial charge in [0.25, 0.3) is 0 Å². The first-order chi connectivity index (χ1) is 5.00. The fourth-order valence-corrected chi connectivity index (χ4v) is 0.680. The molecule has 0 atom stereocenters. The van der Waals surface area contributed by atoms with Crippen LogP contribution in [0, 0.1) is 12.2 Å². The molecule has 0 amide bonds. The summed E-state index contributed by atoms with van der Waals surface area (Å²) in [5.74, 6) is 0. The van der Waals surface area contributed by atoms with E-state index in [0.717, 1.165) is 12.8 Å². The van der Waals surface area contributed by atoms with Crippen molar-refractivity contribution in [2.24, 2.45) is 0 Å². The van der Waals surface area contributed by atoms with Crippen molar-refractivity contribution >= 4 is 24.8 Å². The largest absolute Gasteiger partial charge is 2.00 e. The molecule has 0 spiro atoms. The minimum absolute atomic E-state index is 0. The molecule has 0 nitrogen and oxygen atoms in total. The smallest absolute Gasteiger partial charge is 0.256 e. The van der Waals surface area contributed by atoms with Crippen molar-refractivity contribution in [3.8, 4) is 0 Å². The average molecular weight is 251 g/mol. The van der Waals surface area contributed by atoms with E-state index in [1.54, 1.807) is 0 Å². The van der Waals surface area contributed by atoms with Gasteiger partial charge >= 0.3 is 21.7 Å². The number of halogens is 2. The molecule has 70 valence electrons.